The summed E-state index contributed by atoms with van der Waals surface area (Å²) in [6.45, 7) is 0. The average molecular weight is 166 g/mol. The first-order valence-corrected chi connectivity index (χ1v) is 3.66. The number of hydrogen-bond donors (Lipinski definition) is 0. The molecular formula is C8H6ClN2. The van der Waals surface area contributed by atoms with Crippen LogP contribution in [0, 0.1) is 6.07 Å². The molecule has 1 radical (unpaired) electrons. The van der Waals surface area contributed by atoms with Gasteiger partial charge in [0.05, 0.1) is 5.52 Å². The second kappa shape index (κ2) is 2.24. The van der Waals surface area contributed by atoms with Gasteiger partial charge in [-0.2, -0.15) is 5.10 Å². The van der Waals surface area contributed by atoms with Crippen molar-refractivity contribution in [3.05, 3.63) is 29.4 Å². The van der Waals surface area contributed by atoms with Gasteiger partial charge in [-0.15, -0.1) is 0 Å². The van der Waals surface area contributed by atoms with Crippen molar-refractivity contribution in [2.24, 2.45) is 7.05 Å². The van der Waals surface area contributed by atoms with Crippen molar-refractivity contribution in [3.8, 4) is 0 Å². The van der Waals surface area contributed by atoms with E-state index in [1.54, 1.807) is 4.68 Å². The molecule has 1 aromatic heterocycles. The molecule has 0 saturated heterocycles. The number of rotatable bonds is 0. The third-order valence-electron chi connectivity index (χ3n) is 1.62. The summed E-state index contributed by atoms with van der Waals surface area (Å²) in [6.07, 6.45) is 0. The van der Waals surface area contributed by atoms with Crippen molar-refractivity contribution in [1.29, 1.82) is 0 Å². The minimum absolute atomic E-state index is 0.541. The maximum atomic E-state index is 5.83. The summed E-state index contributed by atoms with van der Waals surface area (Å²) in [4.78, 5) is 0. The van der Waals surface area contributed by atoms with Crippen molar-refractivity contribution in [3.63, 3.8) is 0 Å². The average Bonchev–Trinajstić information content (AvgIpc) is 2.30. The number of fused-ring (bicyclic) bond motifs is 1. The zero-order valence-electron chi connectivity index (χ0n) is 6.00. The van der Waals surface area contributed by atoms with Crippen molar-refractivity contribution in [2.45, 2.75) is 0 Å². The maximum absolute atomic E-state index is 5.83. The van der Waals surface area contributed by atoms with Crippen LogP contribution in [0.15, 0.2) is 18.2 Å². The highest BCUT2D eigenvalue weighted by molar-refractivity contribution is 6.34. The summed E-state index contributed by atoms with van der Waals surface area (Å²) in [6, 6.07) is 8.73. The molecule has 1 heterocycles. The third-order valence-corrected chi connectivity index (χ3v) is 1.90. The van der Waals surface area contributed by atoms with Gasteiger partial charge in [-0.25, -0.2) is 0 Å². The van der Waals surface area contributed by atoms with Gasteiger partial charge in [0.1, 0.15) is 0 Å². The molecule has 0 fully saturated rings. The summed E-state index contributed by atoms with van der Waals surface area (Å²) in [5, 5.41) is 5.54. The molecule has 0 amide bonds. The Balaban J connectivity index is 2.95. The van der Waals surface area contributed by atoms with Gasteiger partial charge in [0.15, 0.2) is 5.15 Å². The number of hydrogen-bond acceptors (Lipinski definition) is 1. The van der Waals surface area contributed by atoms with Crippen LogP contribution in [0.2, 0.25) is 5.15 Å². The summed E-state index contributed by atoms with van der Waals surface area (Å²) < 4.78 is 1.72. The monoisotopic (exact) mass is 165 g/mol. The molecule has 0 aliphatic rings. The summed E-state index contributed by atoms with van der Waals surface area (Å²) in [5.74, 6) is 0. The molecule has 0 atom stereocenters. The molecular weight excluding hydrogens is 160 g/mol. The van der Waals surface area contributed by atoms with E-state index in [0.29, 0.717) is 5.15 Å². The standard InChI is InChI=1S/C8H6ClN2/c1-11-7-5-3-2-4-6(7)8(9)10-11/h2-4H,1H3. The van der Waals surface area contributed by atoms with E-state index in [-0.39, 0.29) is 0 Å². The Bertz CT molecular complexity index is 356. The Morgan fingerprint density at radius 2 is 2.45 bits per heavy atom. The van der Waals surface area contributed by atoms with E-state index in [4.69, 9.17) is 11.6 Å². The number of halogens is 1. The van der Waals surface area contributed by atoms with Crippen LogP contribution in [-0.4, -0.2) is 9.78 Å². The molecule has 1 aromatic carbocycles. The van der Waals surface area contributed by atoms with Crippen LogP contribution in [0.1, 0.15) is 0 Å². The highest BCUT2D eigenvalue weighted by Crippen LogP contribution is 2.20. The van der Waals surface area contributed by atoms with Gasteiger partial charge in [-0.3, -0.25) is 4.68 Å². The number of aryl methyl sites for hydroxylation is 1. The molecule has 11 heavy (non-hydrogen) atoms. The smallest absolute Gasteiger partial charge is 0.158 e. The quantitative estimate of drug-likeness (QED) is 0.584. The number of aromatic nitrogens is 2. The van der Waals surface area contributed by atoms with Gasteiger partial charge in [0, 0.05) is 18.5 Å². The zero-order chi connectivity index (χ0) is 7.84. The first kappa shape index (κ1) is 6.68. The predicted molar refractivity (Wildman–Crippen MR) is 44.6 cm³/mol. The molecule has 2 aromatic rings. The fourth-order valence-corrected chi connectivity index (χ4v) is 1.36. The topological polar surface area (TPSA) is 17.8 Å². The molecule has 0 bridgehead atoms. The third kappa shape index (κ3) is 0.906. The van der Waals surface area contributed by atoms with Crippen molar-refractivity contribution in [1.82, 2.24) is 9.78 Å². The first-order chi connectivity index (χ1) is 5.29. The molecule has 2 nitrogen and oxygen atoms in total. The van der Waals surface area contributed by atoms with Gasteiger partial charge in [0.25, 0.3) is 0 Å². The maximum Gasteiger partial charge on any atom is 0.158 e. The molecule has 55 valence electrons. The summed E-state index contributed by atoms with van der Waals surface area (Å²) >= 11 is 5.83. The lowest BCUT2D eigenvalue weighted by Gasteiger charge is -1.89. The van der Waals surface area contributed by atoms with Crippen LogP contribution in [0.25, 0.3) is 10.9 Å². The Hall–Kier alpha value is -1.02. The van der Waals surface area contributed by atoms with E-state index in [9.17, 15) is 0 Å². The molecule has 0 aliphatic heterocycles. The zero-order valence-corrected chi connectivity index (χ0v) is 6.76. The normalized spacial score (nSPS) is 10.7. The van der Waals surface area contributed by atoms with Crippen molar-refractivity contribution in [2.75, 3.05) is 0 Å². The molecule has 0 spiro atoms. The first-order valence-electron chi connectivity index (χ1n) is 3.28. The molecule has 0 unspecified atom stereocenters. The number of para-hydroxylation sites is 1. The fourth-order valence-electron chi connectivity index (χ4n) is 1.10. The number of nitrogens with zero attached hydrogens (tertiary/aromatic N) is 2. The van der Waals surface area contributed by atoms with Crippen LogP contribution >= 0.6 is 11.6 Å². The highest BCUT2D eigenvalue weighted by Gasteiger charge is 2.03. The van der Waals surface area contributed by atoms with Crippen LogP contribution < -0.4 is 0 Å². The fraction of sp³-hybridized carbons (Fsp3) is 0.125. The van der Waals surface area contributed by atoms with Crippen molar-refractivity contribution < 1.29 is 0 Å². The van der Waals surface area contributed by atoms with E-state index in [0.717, 1.165) is 10.9 Å². The number of benzene rings is 1. The molecule has 0 saturated carbocycles. The lowest BCUT2D eigenvalue weighted by molar-refractivity contribution is 0.797. The van der Waals surface area contributed by atoms with Crippen LogP contribution in [0.5, 0.6) is 0 Å². The van der Waals surface area contributed by atoms with E-state index in [1.807, 2.05) is 25.2 Å². The van der Waals surface area contributed by atoms with Gasteiger partial charge >= 0.3 is 0 Å². The molecule has 0 N–H and O–H groups in total. The predicted octanol–water partition coefficient (Wildman–Crippen LogP) is 2.03. The van der Waals surface area contributed by atoms with Gasteiger partial charge < -0.3 is 0 Å². The van der Waals surface area contributed by atoms with Gasteiger partial charge in [-0.1, -0.05) is 23.7 Å². The molecule has 3 heteroatoms. The van der Waals surface area contributed by atoms with Crippen LogP contribution in [0.3, 0.4) is 0 Å². The Labute approximate surface area is 69.4 Å². The Kier molecular flexibility index (Phi) is 1.36. The summed E-state index contributed by atoms with van der Waals surface area (Å²) in [7, 11) is 1.85. The van der Waals surface area contributed by atoms with Crippen molar-refractivity contribution >= 4 is 22.5 Å². The molecule has 2 rings (SSSR count). The summed E-state index contributed by atoms with van der Waals surface area (Å²) in [5.41, 5.74) is 0.942. The SMILES string of the molecule is Cn1nc(Cl)c2ccc[c]c21. The minimum atomic E-state index is 0.541. The van der Waals surface area contributed by atoms with Gasteiger partial charge in [0.2, 0.25) is 0 Å². The second-order valence-electron chi connectivity index (χ2n) is 2.35. The molecule has 0 aliphatic carbocycles. The lowest BCUT2D eigenvalue weighted by Crippen LogP contribution is -1.88. The van der Waals surface area contributed by atoms with E-state index < -0.39 is 0 Å². The highest BCUT2D eigenvalue weighted by atomic mass is 35.5. The van der Waals surface area contributed by atoms with E-state index in [2.05, 4.69) is 11.2 Å². The van der Waals surface area contributed by atoms with Gasteiger partial charge in [-0.05, 0) is 6.07 Å². The van der Waals surface area contributed by atoms with Crippen LogP contribution in [0.4, 0.5) is 0 Å². The van der Waals surface area contributed by atoms with E-state index in [1.165, 1.54) is 0 Å². The van der Waals surface area contributed by atoms with E-state index >= 15 is 0 Å². The Morgan fingerprint density at radius 3 is 3.18 bits per heavy atom. The second-order valence-corrected chi connectivity index (χ2v) is 2.70. The van der Waals surface area contributed by atoms with Crippen LogP contribution in [-0.2, 0) is 7.05 Å². The Morgan fingerprint density at radius 1 is 1.64 bits per heavy atom. The minimum Gasteiger partial charge on any atom is -0.266 e. The largest absolute Gasteiger partial charge is 0.266 e. The lowest BCUT2D eigenvalue weighted by atomic mass is 10.3.